The van der Waals surface area contributed by atoms with Gasteiger partial charge in [0.2, 0.25) is 43.7 Å². The van der Waals surface area contributed by atoms with Crippen molar-refractivity contribution in [3.05, 3.63) is 25.3 Å². The van der Waals surface area contributed by atoms with E-state index >= 15 is 0 Å². The topological polar surface area (TPSA) is 361 Å². The van der Waals surface area contributed by atoms with E-state index in [4.69, 9.17) is 18.9 Å². The molecule has 4 aliphatic carbocycles. The van der Waals surface area contributed by atoms with E-state index in [9.17, 15) is 65.4 Å². The molecule has 6 rings (SSSR count). The predicted octanol–water partition coefficient (Wildman–Crippen LogP) is 0.655. The van der Waals surface area contributed by atoms with Crippen molar-refractivity contribution in [2.75, 3.05) is 39.5 Å². The van der Waals surface area contributed by atoms with E-state index in [2.05, 4.69) is 43.9 Å². The van der Waals surface area contributed by atoms with Crippen molar-refractivity contribution in [2.45, 2.75) is 202 Å². The Kier molecular flexibility index (Phi) is 21.8. The van der Waals surface area contributed by atoms with Crippen LogP contribution in [0.25, 0.3) is 0 Å². The van der Waals surface area contributed by atoms with Crippen LogP contribution in [0.2, 0.25) is 0 Å². The second kappa shape index (κ2) is 26.7. The van der Waals surface area contributed by atoms with E-state index in [1.807, 2.05) is 0 Å². The van der Waals surface area contributed by atoms with Crippen molar-refractivity contribution < 1.29 is 84.4 Å². The number of β-amino-alcohol motifs (C(OH)–C–C–N with tert-alkyl or cyclic N) is 2. The van der Waals surface area contributed by atoms with E-state index in [0.717, 1.165) is 4.90 Å². The summed E-state index contributed by atoms with van der Waals surface area (Å²) in [4.78, 5) is 107. The highest BCUT2D eigenvalue weighted by molar-refractivity contribution is 7.91. The molecule has 2 saturated heterocycles. The number of sulfonamides is 2. The first-order valence-corrected chi connectivity index (χ1v) is 30.4. The van der Waals surface area contributed by atoms with Crippen molar-refractivity contribution in [1.82, 2.24) is 40.5 Å². The monoisotopic (exact) mass is 1170 g/mol. The maximum Gasteiger partial charge on any atom is 0.408 e. The van der Waals surface area contributed by atoms with Crippen molar-refractivity contribution in [1.29, 1.82) is 0 Å². The number of aliphatic hydroxyl groups excluding tert-OH is 2. The van der Waals surface area contributed by atoms with Gasteiger partial charge in [-0.05, 0) is 118 Å². The molecule has 0 unspecified atom stereocenters. The molecule has 8 amide bonds. The van der Waals surface area contributed by atoms with Gasteiger partial charge in [-0.15, -0.1) is 13.2 Å². The summed E-state index contributed by atoms with van der Waals surface area (Å²) in [6.45, 7) is 21.1. The van der Waals surface area contributed by atoms with E-state index < -0.39 is 137 Å². The molecule has 8 N–H and O–H groups in total. The highest BCUT2D eigenvalue weighted by atomic mass is 32.2. The zero-order chi connectivity index (χ0) is 59.8. The lowest BCUT2D eigenvalue weighted by molar-refractivity contribution is -0.142. The van der Waals surface area contributed by atoms with Gasteiger partial charge in [0.15, 0.2) is 0 Å². The first kappa shape index (κ1) is 65.4. The molecule has 80 heavy (non-hydrogen) atoms. The van der Waals surface area contributed by atoms with Crippen LogP contribution >= 0.6 is 0 Å². The van der Waals surface area contributed by atoms with Gasteiger partial charge in [0, 0.05) is 39.1 Å². The number of aliphatic hydroxyl groups is 2. The number of nitrogens with one attached hydrogen (secondary N) is 6. The Morgan fingerprint density at radius 2 is 1.04 bits per heavy atom. The number of carbonyl (C=O) groups is 8. The normalized spacial score (nSPS) is 26.9. The summed E-state index contributed by atoms with van der Waals surface area (Å²) in [5.74, 6) is -4.90. The van der Waals surface area contributed by atoms with Gasteiger partial charge in [-0.25, -0.2) is 26.4 Å². The van der Waals surface area contributed by atoms with Crippen LogP contribution in [-0.4, -0.2) is 193 Å². The lowest BCUT2D eigenvalue weighted by Crippen LogP contribution is -2.59. The molecular weight excluding hydrogens is 1090 g/mol. The fraction of sp³-hybridized carbons (Fsp3) is 0.769. The third kappa shape index (κ3) is 18.3. The third-order valence-electron chi connectivity index (χ3n) is 14.2. The summed E-state index contributed by atoms with van der Waals surface area (Å²) in [5, 5.41) is 29.9. The maximum atomic E-state index is 13.6. The van der Waals surface area contributed by atoms with Crippen LogP contribution in [0.1, 0.15) is 132 Å². The number of rotatable bonds is 26. The van der Waals surface area contributed by atoms with E-state index in [-0.39, 0.29) is 63.6 Å². The fourth-order valence-electron chi connectivity index (χ4n) is 9.34. The Labute approximate surface area is 469 Å². The molecule has 0 bridgehead atoms. The summed E-state index contributed by atoms with van der Waals surface area (Å²) in [5.41, 5.74) is -4.47. The van der Waals surface area contributed by atoms with Gasteiger partial charge in [-0.1, -0.05) is 26.0 Å². The fourth-order valence-corrected chi connectivity index (χ4v) is 12.1. The smallest absolute Gasteiger partial charge is 0.408 e. The molecule has 28 heteroatoms. The van der Waals surface area contributed by atoms with Crippen LogP contribution in [0.4, 0.5) is 9.59 Å². The van der Waals surface area contributed by atoms with Gasteiger partial charge in [0.05, 0.1) is 35.9 Å². The number of nitrogens with zero attached hydrogens (tertiary/aromatic N) is 2. The minimum absolute atomic E-state index is 0.0777. The number of allylic oxidation sites excluding steroid dienone is 1. The van der Waals surface area contributed by atoms with E-state index in [1.54, 1.807) is 67.5 Å². The first-order valence-electron chi connectivity index (χ1n) is 27.3. The molecule has 452 valence electrons. The Bertz CT molecular complexity index is 2380. The largest absolute Gasteiger partial charge is 0.444 e. The second-order valence-corrected chi connectivity index (χ2v) is 27.6. The molecule has 26 nitrogen and oxygen atoms in total. The molecule has 0 aromatic rings. The first-order chi connectivity index (χ1) is 37.2. The second-order valence-electron chi connectivity index (χ2n) is 23.7. The van der Waals surface area contributed by atoms with Crippen molar-refractivity contribution in [3.8, 4) is 0 Å². The number of hydrogen-bond acceptors (Lipinski definition) is 18. The summed E-state index contributed by atoms with van der Waals surface area (Å²) in [6, 6.07) is -4.55. The van der Waals surface area contributed by atoms with Crippen molar-refractivity contribution >= 4 is 67.7 Å². The molecule has 2 aliphatic heterocycles. The summed E-state index contributed by atoms with van der Waals surface area (Å²) in [6.07, 6.45) is 3.79. The molecule has 0 aromatic carbocycles. The molecular formula is C52H84N8O18S2. The molecule has 6 fully saturated rings. The number of amides is 8. The molecule has 0 aromatic heterocycles. The molecule has 4 saturated carbocycles. The van der Waals surface area contributed by atoms with Crippen molar-refractivity contribution in [3.63, 3.8) is 0 Å². The number of hydrogen-bond donors (Lipinski definition) is 8. The van der Waals surface area contributed by atoms with Crippen molar-refractivity contribution in [2.24, 2.45) is 11.8 Å². The van der Waals surface area contributed by atoms with Gasteiger partial charge >= 0.3 is 12.2 Å². The number of likely N-dealkylation sites (tertiary alicyclic amines) is 2. The van der Waals surface area contributed by atoms with Crippen LogP contribution in [-0.2, 0) is 67.8 Å². The van der Waals surface area contributed by atoms with Gasteiger partial charge in [0.1, 0.15) is 46.4 Å². The van der Waals surface area contributed by atoms with Gasteiger partial charge in [-0.2, -0.15) is 0 Å². The predicted molar refractivity (Wildman–Crippen MR) is 289 cm³/mol. The zero-order valence-electron chi connectivity index (χ0n) is 47.2. The van der Waals surface area contributed by atoms with Crippen LogP contribution in [0.15, 0.2) is 25.3 Å². The van der Waals surface area contributed by atoms with Gasteiger partial charge < -0.3 is 60.2 Å². The minimum Gasteiger partial charge on any atom is -0.444 e. The lowest BCUT2D eigenvalue weighted by atomic mass is 10.1. The zero-order valence-corrected chi connectivity index (χ0v) is 48.8. The molecule has 0 radical (unpaired) electrons. The van der Waals surface area contributed by atoms with Crippen LogP contribution in [0.5, 0.6) is 0 Å². The highest BCUT2D eigenvalue weighted by Gasteiger charge is 2.62. The van der Waals surface area contributed by atoms with Crippen LogP contribution in [0.3, 0.4) is 0 Å². The van der Waals surface area contributed by atoms with E-state index in [0.29, 0.717) is 64.8 Å². The Balaban J connectivity index is 0.000000294. The summed E-state index contributed by atoms with van der Waals surface area (Å²) < 4.78 is 75.0. The van der Waals surface area contributed by atoms with Crippen LogP contribution < -0.4 is 30.7 Å². The van der Waals surface area contributed by atoms with Gasteiger partial charge in [-0.3, -0.25) is 38.2 Å². The number of carbonyl (C=O) groups excluding carboxylic acids is 8. The Morgan fingerprint density at radius 1 is 0.637 bits per heavy atom. The average Bonchev–Trinajstić information content (AvgIpc) is 4.19. The van der Waals surface area contributed by atoms with Crippen LogP contribution in [0, 0.1) is 11.8 Å². The standard InChI is InChI=1S/2C26H42N4O9S/c1-6-11-38-12-7-8-19(27-24(35)39-25(3,4)5)22(33)30-15-17(31)13-20(30)21(32)28-26(14-16(26)2)23(34)29-40(36,37)18-9-10-18;1-6-7-8-11-38-15-19(27-24(35)39-25(3,4)5)22(33)30-14-17(31)12-20(30)21(32)28-26(13-16(26)2)23(34)29-40(36,37)18-9-10-18/h2*6,16-20,31H,1,7-15H2,2-5H3,(H,27,35)(H,28,32)(H,29,34)/t2*16-,17-,19+,20+,26-/m11/s1. The number of ether oxygens (including phenoxy) is 4. The van der Waals surface area contributed by atoms with Gasteiger partial charge in [0.25, 0.3) is 11.8 Å². The maximum absolute atomic E-state index is 13.6. The molecule has 6 aliphatic rings. The lowest BCUT2D eigenvalue weighted by Gasteiger charge is -2.30. The number of alkyl carbamates (subject to hydrolysis) is 2. The SMILES string of the molecule is C=CCCCOC[C@H](NC(=O)OC(C)(C)C)C(=O)N1C[C@H](O)C[C@H]1C(=O)N[C@]1(C(=O)NS(=O)(=O)C2CC2)C[C@H]1C.C=CCOCCC[C@H](NC(=O)OC(C)(C)C)C(=O)N1C[C@H](O)C[C@H]1C(=O)N[C@]1(C(=O)NS(=O)(=O)C2CC2)C[C@H]1C. The minimum atomic E-state index is -3.82. The Morgan fingerprint density at radius 3 is 1.41 bits per heavy atom. The van der Waals surface area contributed by atoms with E-state index in [1.165, 1.54) is 4.90 Å². The summed E-state index contributed by atoms with van der Waals surface area (Å²) in [7, 11) is -7.63. The molecule has 10 atom stereocenters. The average molecular weight is 1170 g/mol. The Hall–Kier alpha value is -5.42. The highest BCUT2D eigenvalue weighted by Crippen LogP contribution is 2.45. The number of unbranched alkanes of at least 4 members (excludes halogenated alkanes) is 1. The summed E-state index contributed by atoms with van der Waals surface area (Å²) >= 11 is 0. The molecule has 2 heterocycles. The quantitative estimate of drug-likeness (QED) is 0.0435. The molecule has 0 spiro atoms. The third-order valence-corrected chi connectivity index (χ3v) is 17.9.